The van der Waals surface area contributed by atoms with Crippen LogP contribution in [0.5, 0.6) is 0 Å². The molecule has 0 spiro atoms. The highest BCUT2D eigenvalue weighted by molar-refractivity contribution is 8.05. The second-order valence-corrected chi connectivity index (χ2v) is 9.48. The number of allylic oxidation sites excluding steroid dienone is 2. The number of hydrogen-bond acceptors (Lipinski definition) is 3. The molecule has 0 heterocycles. The van der Waals surface area contributed by atoms with Crippen LogP contribution < -0.4 is 11.1 Å². The number of alkyl halides is 6. The highest BCUT2D eigenvalue weighted by Crippen LogP contribution is 2.38. The minimum absolute atomic E-state index is 0.811. The number of benzene rings is 1. The summed E-state index contributed by atoms with van der Waals surface area (Å²) in [6.45, 7) is 11.1. The van der Waals surface area contributed by atoms with Crippen molar-refractivity contribution in [3.05, 3.63) is 64.7 Å². The normalized spacial score (nSPS) is 15.5. The van der Waals surface area contributed by atoms with Crippen LogP contribution in [0.15, 0.2) is 53.6 Å². The minimum Gasteiger partial charge on any atom is -0.354 e. The molecular weight excluding hydrogens is 474 g/mol. The second kappa shape index (κ2) is 13.9. The summed E-state index contributed by atoms with van der Waals surface area (Å²) in [6, 6.07) is 8.63. The smallest absolute Gasteiger partial charge is 0.354 e. The van der Waals surface area contributed by atoms with E-state index >= 15 is 0 Å². The maximum absolute atomic E-state index is 11.4. The van der Waals surface area contributed by atoms with Crippen molar-refractivity contribution < 1.29 is 26.3 Å². The Balaban J connectivity index is 0.000000445. The maximum Gasteiger partial charge on any atom is 0.401 e. The van der Waals surface area contributed by atoms with Gasteiger partial charge in [0.1, 0.15) is 0 Å². The number of halogens is 6. The van der Waals surface area contributed by atoms with Crippen LogP contribution in [-0.2, 0) is 0 Å². The zero-order valence-electron chi connectivity index (χ0n) is 19.7. The lowest BCUT2D eigenvalue weighted by Gasteiger charge is -2.23. The predicted molar refractivity (Wildman–Crippen MR) is 130 cm³/mol. The minimum atomic E-state index is -5.30. The summed E-state index contributed by atoms with van der Waals surface area (Å²) in [5.41, 5.74) is 9.22. The van der Waals surface area contributed by atoms with Crippen LogP contribution in [0.4, 0.5) is 26.3 Å². The highest BCUT2D eigenvalue weighted by atomic mass is 32.2. The van der Waals surface area contributed by atoms with E-state index in [1.807, 2.05) is 0 Å². The molecule has 1 saturated carbocycles. The fraction of sp³-hybridized carbons (Fsp3) is 0.520. The van der Waals surface area contributed by atoms with E-state index < -0.39 is 24.8 Å². The lowest BCUT2D eigenvalue weighted by molar-refractivity contribution is -0.280. The van der Waals surface area contributed by atoms with Crippen LogP contribution in [-0.4, -0.2) is 18.9 Å². The first-order valence-electron chi connectivity index (χ1n) is 11.1. The van der Waals surface area contributed by atoms with Crippen LogP contribution >= 0.6 is 11.8 Å². The Kier molecular flexibility index (Phi) is 12.3. The monoisotopic (exact) mass is 508 g/mol. The van der Waals surface area contributed by atoms with Gasteiger partial charge in [-0.2, -0.15) is 26.3 Å². The van der Waals surface area contributed by atoms with Gasteiger partial charge in [-0.15, -0.1) is 0 Å². The molecule has 1 aromatic carbocycles. The van der Waals surface area contributed by atoms with Gasteiger partial charge in [0.25, 0.3) is 0 Å². The van der Waals surface area contributed by atoms with E-state index in [0.717, 1.165) is 23.1 Å². The molecule has 0 unspecified atom stereocenters. The summed E-state index contributed by atoms with van der Waals surface area (Å²) < 4.78 is 68.5. The summed E-state index contributed by atoms with van der Waals surface area (Å²) >= 11 is 1.65. The fourth-order valence-electron chi connectivity index (χ4n) is 3.51. The van der Waals surface area contributed by atoms with Crippen molar-refractivity contribution in [3.63, 3.8) is 0 Å². The average Bonchev–Trinajstić information content (AvgIpc) is 2.72. The first kappa shape index (κ1) is 30.2. The third-order valence-corrected chi connectivity index (χ3v) is 6.34. The van der Waals surface area contributed by atoms with Gasteiger partial charge in [-0.05, 0) is 42.7 Å². The molecule has 2 nitrogen and oxygen atoms in total. The molecule has 34 heavy (non-hydrogen) atoms. The van der Waals surface area contributed by atoms with Gasteiger partial charge >= 0.3 is 12.4 Å². The van der Waals surface area contributed by atoms with E-state index in [-0.39, 0.29) is 0 Å². The van der Waals surface area contributed by atoms with Crippen molar-refractivity contribution in [2.24, 2.45) is 17.6 Å². The van der Waals surface area contributed by atoms with Crippen molar-refractivity contribution >= 4 is 17.3 Å². The van der Waals surface area contributed by atoms with Gasteiger partial charge in [0.2, 0.25) is 0 Å². The molecular formula is C25H34F6N2S. The third kappa shape index (κ3) is 11.5. The van der Waals surface area contributed by atoms with Gasteiger partial charge in [-0.3, -0.25) is 0 Å². The number of nitrogens with one attached hydrogen (secondary N) is 1. The van der Waals surface area contributed by atoms with E-state index in [9.17, 15) is 26.3 Å². The van der Waals surface area contributed by atoms with E-state index in [1.165, 1.54) is 48.8 Å². The standard InChI is InChI=1S/C21H29NS.C4H5F6N/c1-16-10-12-21(13-11-16)17(2)15-23-19(4)22-18(3)14-20-8-6-5-7-9-20;5-3(6,7)2(1-11)4(8,9)10/h10-13,15,20,22H,3-9,14H2,1-2H3;2H,1,11H2/b17-15+;. The van der Waals surface area contributed by atoms with Crippen molar-refractivity contribution in [2.45, 2.75) is 64.7 Å². The Morgan fingerprint density at radius 2 is 1.59 bits per heavy atom. The van der Waals surface area contributed by atoms with Crippen molar-refractivity contribution in [3.8, 4) is 0 Å². The van der Waals surface area contributed by atoms with Gasteiger partial charge in [0.15, 0.2) is 5.92 Å². The Morgan fingerprint density at radius 1 is 1.06 bits per heavy atom. The van der Waals surface area contributed by atoms with Gasteiger partial charge in [0, 0.05) is 12.2 Å². The Morgan fingerprint density at radius 3 is 2.03 bits per heavy atom. The van der Waals surface area contributed by atoms with Crippen molar-refractivity contribution in [1.82, 2.24) is 5.32 Å². The molecule has 0 bridgehead atoms. The lowest BCUT2D eigenvalue weighted by Crippen LogP contribution is -2.41. The molecule has 0 aromatic heterocycles. The SMILES string of the molecule is C=C(CC1CCCCC1)NC(=C)S/C=C(\C)c1ccc(C)cc1.NCC(C(F)(F)F)C(F)(F)F. The molecule has 1 aliphatic carbocycles. The van der Waals surface area contributed by atoms with Gasteiger partial charge in [0.05, 0.1) is 5.03 Å². The third-order valence-electron chi connectivity index (χ3n) is 5.49. The summed E-state index contributed by atoms with van der Waals surface area (Å²) in [5, 5.41) is 6.49. The Labute approximate surface area is 202 Å². The van der Waals surface area contributed by atoms with Crippen molar-refractivity contribution in [1.29, 1.82) is 0 Å². The van der Waals surface area contributed by atoms with E-state index in [1.54, 1.807) is 11.8 Å². The topological polar surface area (TPSA) is 38.0 Å². The lowest BCUT2D eigenvalue weighted by atomic mass is 9.86. The number of thioether (sulfide) groups is 1. The van der Waals surface area contributed by atoms with E-state index in [0.29, 0.717) is 0 Å². The number of aryl methyl sites for hydroxylation is 1. The number of hydrogen-bond donors (Lipinski definition) is 2. The molecule has 1 aliphatic rings. The quantitative estimate of drug-likeness (QED) is 0.347. The molecule has 0 aliphatic heterocycles. The Hall–Kier alpha value is -1.87. The van der Waals surface area contributed by atoms with Crippen molar-refractivity contribution in [2.75, 3.05) is 6.54 Å². The van der Waals surface area contributed by atoms with E-state index in [4.69, 9.17) is 0 Å². The largest absolute Gasteiger partial charge is 0.401 e. The van der Waals surface area contributed by atoms with Crippen LogP contribution in [0.25, 0.3) is 5.57 Å². The number of rotatable bonds is 8. The van der Waals surface area contributed by atoms with Gasteiger partial charge in [-0.25, -0.2) is 0 Å². The van der Waals surface area contributed by atoms with Crippen LogP contribution in [0.2, 0.25) is 0 Å². The first-order chi connectivity index (χ1) is 15.7. The van der Waals surface area contributed by atoms with Gasteiger partial charge < -0.3 is 11.1 Å². The summed E-state index contributed by atoms with van der Waals surface area (Å²) in [4.78, 5) is 0. The second-order valence-electron chi connectivity index (χ2n) is 8.52. The van der Waals surface area contributed by atoms with Crippen LogP contribution in [0, 0.1) is 18.8 Å². The van der Waals surface area contributed by atoms with Gasteiger partial charge in [-0.1, -0.05) is 86.9 Å². The molecule has 9 heteroatoms. The van der Waals surface area contributed by atoms with Crippen LogP contribution in [0.3, 0.4) is 0 Å². The summed E-state index contributed by atoms with van der Waals surface area (Å²) in [7, 11) is 0. The zero-order chi connectivity index (χ0) is 25.9. The molecule has 0 radical (unpaired) electrons. The Bertz CT molecular complexity index is 792. The zero-order valence-corrected chi connectivity index (χ0v) is 20.5. The first-order valence-corrected chi connectivity index (χ1v) is 12.0. The molecule has 3 N–H and O–H groups in total. The fourth-order valence-corrected chi connectivity index (χ4v) is 4.17. The summed E-state index contributed by atoms with van der Waals surface area (Å²) in [6.07, 6.45) is -2.64. The molecule has 1 fully saturated rings. The van der Waals surface area contributed by atoms with Crippen LogP contribution in [0.1, 0.15) is 56.6 Å². The molecule has 192 valence electrons. The highest BCUT2D eigenvalue weighted by Gasteiger charge is 2.55. The maximum atomic E-state index is 11.4. The summed E-state index contributed by atoms with van der Waals surface area (Å²) in [5.74, 6) is -2.60. The molecule has 0 amide bonds. The van der Waals surface area contributed by atoms with E-state index in [2.05, 4.69) is 67.7 Å². The average molecular weight is 509 g/mol. The number of nitrogens with two attached hydrogens (primary N) is 1. The molecule has 1 aromatic rings. The predicted octanol–water partition coefficient (Wildman–Crippen LogP) is 8.32. The molecule has 2 rings (SSSR count). The molecule has 0 saturated heterocycles. The molecule has 0 atom stereocenters.